The van der Waals surface area contributed by atoms with Crippen molar-refractivity contribution in [1.82, 2.24) is 0 Å². The Balaban J connectivity index is 2.58. The molecule has 2 heteroatoms. The van der Waals surface area contributed by atoms with Gasteiger partial charge in [0.05, 0.1) is 6.10 Å². The van der Waals surface area contributed by atoms with Gasteiger partial charge in [0.2, 0.25) is 0 Å². The van der Waals surface area contributed by atoms with E-state index in [0.717, 1.165) is 17.5 Å². The number of benzene rings is 1. The van der Waals surface area contributed by atoms with Crippen LogP contribution < -0.4 is 5.73 Å². The Kier molecular flexibility index (Phi) is 7.17. The summed E-state index contributed by atoms with van der Waals surface area (Å²) in [6, 6.07) is 7.78. The molecule has 0 bridgehead atoms. The molecule has 1 aromatic carbocycles. The molecule has 98 valence electrons. The molecule has 1 unspecified atom stereocenters. The van der Waals surface area contributed by atoms with Crippen molar-refractivity contribution < 1.29 is 5.11 Å². The molecule has 0 radical (unpaired) electrons. The predicted molar refractivity (Wildman–Crippen MR) is 76.1 cm³/mol. The average Bonchev–Trinajstić information content (AvgIpc) is 2.39. The Labute approximate surface area is 110 Å². The van der Waals surface area contributed by atoms with E-state index >= 15 is 0 Å². The van der Waals surface area contributed by atoms with Gasteiger partial charge in [-0.25, -0.2) is 0 Å². The monoisotopic (exact) mass is 245 g/mol. The second-order valence-corrected chi connectivity index (χ2v) is 4.48. The lowest BCUT2D eigenvalue weighted by Gasteiger charge is -2.09. The SMILES string of the molecule is CCCCCC#Cc1cccc(C(O)CCN)c1. The minimum absolute atomic E-state index is 0.475. The molecule has 1 rings (SSSR count). The third kappa shape index (κ3) is 5.35. The Hall–Kier alpha value is -1.30. The average molecular weight is 245 g/mol. The van der Waals surface area contributed by atoms with E-state index in [9.17, 15) is 5.11 Å². The lowest BCUT2D eigenvalue weighted by molar-refractivity contribution is 0.170. The van der Waals surface area contributed by atoms with Crippen LogP contribution in [0.4, 0.5) is 0 Å². The summed E-state index contributed by atoms with van der Waals surface area (Å²) in [7, 11) is 0. The predicted octanol–water partition coefficient (Wildman–Crippen LogP) is 3.00. The first-order valence-corrected chi connectivity index (χ1v) is 6.75. The maximum absolute atomic E-state index is 9.86. The summed E-state index contributed by atoms with van der Waals surface area (Å²) >= 11 is 0. The number of hydrogen-bond acceptors (Lipinski definition) is 2. The number of nitrogens with two attached hydrogens (primary N) is 1. The Morgan fingerprint density at radius 2 is 2.17 bits per heavy atom. The molecule has 0 aliphatic heterocycles. The van der Waals surface area contributed by atoms with Crippen LogP contribution in [0.1, 0.15) is 56.3 Å². The molecule has 0 heterocycles. The van der Waals surface area contributed by atoms with Crippen LogP contribution in [0.15, 0.2) is 24.3 Å². The van der Waals surface area contributed by atoms with Gasteiger partial charge < -0.3 is 10.8 Å². The second-order valence-electron chi connectivity index (χ2n) is 4.48. The lowest BCUT2D eigenvalue weighted by Crippen LogP contribution is -2.06. The van der Waals surface area contributed by atoms with E-state index in [1.54, 1.807) is 0 Å². The highest BCUT2D eigenvalue weighted by Gasteiger charge is 2.05. The van der Waals surface area contributed by atoms with E-state index in [4.69, 9.17) is 5.73 Å². The van der Waals surface area contributed by atoms with Crippen LogP contribution in [0.5, 0.6) is 0 Å². The third-order valence-electron chi connectivity index (χ3n) is 2.85. The molecule has 0 saturated heterocycles. The number of aliphatic hydroxyl groups is 1. The largest absolute Gasteiger partial charge is 0.388 e. The van der Waals surface area contributed by atoms with Crippen molar-refractivity contribution in [2.75, 3.05) is 6.54 Å². The zero-order valence-electron chi connectivity index (χ0n) is 11.2. The highest BCUT2D eigenvalue weighted by atomic mass is 16.3. The van der Waals surface area contributed by atoms with Crippen molar-refractivity contribution in [3.63, 3.8) is 0 Å². The van der Waals surface area contributed by atoms with Crippen LogP contribution >= 0.6 is 0 Å². The van der Waals surface area contributed by atoms with Crippen LogP contribution in [-0.2, 0) is 0 Å². The maximum atomic E-state index is 9.86. The first kappa shape index (κ1) is 14.8. The summed E-state index contributed by atoms with van der Waals surface area (Å²) in [5, 5.41) is 9.86. The van der Waals surface area contributed by atoms with Gasteiger partial charge >= 0.3 is 0 Å². The summed E-state index contributed by atoms with van der Waals surface area (Å²) in [5.41, 5.74) is 7.32. The highest BCUT2D eigenvalue weighted by Crippen LogP contribution is 2.16. The van der Waals surface area contributed by atoms with Gasteiger partial charge in [0.1, 0.15) is 0 Å². The normalized spacial score (nSPS) is 11.7. The van der Waals surface area contributed by atoms with Gasteiger partial charge in [0.15, 0.2) is 0 Å². The molecule has 0 spiro atoms. The molecule has 2 nitrogen and oxygen atoms in total. The van der Waals surface area contributed by atoms with Crippen LogP contribution in [0.25, 0.3) is 0 Å². The number of unbranched alkanes of at least 4 members (excludes halogenated alkanes) is 3. The molecular formula is C16H23NO. The molecule has 0 fully saturated rings. The summed E-state index contributed by atoms with van der Waals surface area (Å²) in [5.74, 6) is 6.33. The fraction of sp³-hybridized carbons (Fsp3) is 0.500. The van der Waals surface area contributed by atoms with Gasteiger partial charge in [-0.3, -0.25) is 0 Å². The van der Waals surface area contributed by atoms with E-state index in [0.29, 0.717) is 13.0 Å². The topological polar surface area (TPSA) is 46.2 Å². The Morgan fingerprint density at radius 3 is 2.89 bits per heavy atom. The lowest BCUT2D eigenvalue weighted by atomic mass is 10.0. The van der Waals surface area contributed by atoms with Crippen molar-refractivity contribution in [3.05, 3.63) is 35.4 Å². The molecule has 0 aromatic heterocycles. The van der Waals surface area contributed by atoms with E-state index in [1.807, 2.05) is 24.3 Å². The second kappa shape index (κ2) is 8.74. The number of hydrogen-bond donors (Lipinski definition) is 2. The molecular weight excluding hydrogens is 222 g/mol. The third-order valence-corrected chi connectivity index (χ3v) is 2.85. The van der Waals surface area contributed by atoms with E-state index < -0.39 is 6.10 Å². The summed E-state index contributed by atoms with van der Waals surface area (Å²) in [4.78, 5) is 0. The summed E-state index contributed by atoms with van der Waals surface area (Å²) in [6.07, 6.45) is 4.69. The molecule has 0 amide bonds. The zero-order chi connectivity index (χ0) is 13.2. The summed E-state index contributed by atoms with van der Waals surface area (Å²) in [6.45, 7) is 2.68. The highest BCUT2D eigenvalue weighted by molar-refractivity contribution is 5.37. The molecule has 0 aliphatic carbocycles. The molecule has 1 atom stereocenters. The Morgan fingerprint density at radius 1 is 1.33 bits per heavy atom. The quantitative estimate of drug-likeness (QED) is 0.598. The first-order chi connectivity index (χ1) is 8.77. The van der Waals surface area contributed by atoms with E-state index in [1.165, 1.54) is 19.3 Å². The van der Waals surface area contributed by atoms with Gasteiger partial charge in [-0.15, -0.1) is 0 Å². The van der Waals surface area contributed by atoms with Gasteiger partial charge in [-0.05, 0) is 37.1 Å². The van der Waals surface area contributed by atoms with Gasteiger partial charge in [0, 0.05) is 12.0 Å². The van der Waals surface area contributed by atoms with Gasteiger partial charge in [-0.2, -0.15) is 0 Å². The fourth-order valence-corrected chi connectivity index (χ4v) is 1.78. The smallest absolute Gasteiger partial charge is 0.0802 e. The van der Waals surface area contributed by atoms with Gasteiger partial charge in [-0.1, -0.05) is 43.7 Å². The first-order valence-electron chi connectivity index (χ1n) is 6.75. The number of aliphatic hydroxyl groups excluding tert-OH is 1. The maximum Gasteiger partial charge on any atom is 0.0802 e. The van der Waals surface area contributed by atoms with Gasteiger partial charge in [0.25, 0.3) is 0 Å². The van der Waals surface area contributed by atoms with Crippen molar-refractivity contribution in [1.29, 1.82) is 0 Å². The van der Waals surface area contributed by atoms with Crippen molar-refractivity contribution in [2.45, 2.75) is 45.1 Å². The van der Waals surface area contributed by atoms with Crippen molar-refractivity contribution in [2.24, 2.45) is 5.73 Å². The van der Waals surface area contributed by atoms with Crippen LogP contribution in [0.3, 0.4) is 0 Å². The molecule has 3 N–H and O–H groups in total. The van der Waals surface area contributed by atoms with Crippen LogP contribution in [0, 0.1) is 11.8 Å². The Bertz CT molecular complexity index is 403. The number of rotatable bonds is 6. The van der Waals surface area contributed by atoms with Crippen molar-refractivity contribution in [3.8, 4) is 11.8 Å². The molecule has 0 aliphatic rings. The molecule has 0 saturated carbocycles. The zero-order valence-corrected chi connectivity index (χ0v) is 11.2. The fourth-order valence-electron chi connectivity index (χ4n) is 1.78. The van der Waals surface area contributed by atoms with E-state index in [2.05, 4.69) is 18.8 Å². The molecule has 1 aromatic rings. The van der Waals surface area contributed by atoms with Crippen LogP contribution in [-0.4, -0.2) is 11.7 Å². The standard InChI is InChI=1S/C16H23NO/c1-2-3-4-5-6-8-14-9-7-10-15(13-14)16(18)11-12-17/h7,9-10,13,16,18H,2-5,11-12,17H2,1H3. The van der Waals surface area contributed by atoms with E-state index in [-0.39, 0.29) is 0 Å². The van der Waals surface area contributed by atoms with Crippen molar-refractivity contribution >= 4 is 0 Å². The van der Waals surface area contributed by atoms with Crippen LogP contribution in [0.2, 0.25) is 0 Å². The minimum atomic E-state index is -0.475. The molecule has 18 heavy (non-hydrogen) atoms. The summed E-state index contributed by atoms with van der Waals surface area (Å²) < 4.78 is 0. The minimum Gasteiger partial charge on any atom is -0.388 e.